The number of amides is 2. The van der Waals surface area contributed by atoms with Gasteiger partial charge in [-0.2, -0.15) is 4.37 Å². The lowest BCUT2D eigenvalue weighted by Crippen LogP contribution is -2.41. The average Bonchev–Trinajstić information content (AvgIpc) is 2.96. The Labute approximate surface area is 142 Å². The Balaban J connectivity index is 1.51. The van der Waals surface area contributed by atoms with Gasteiger partial charge in [-0.1, -0.05) is 6.07 Å². The molecule has 1 aliphatic heterocycles. The van der Waals surface area contributed by atoms with E-state index in [0.29, 0.717) is 36.0 Å². The number of anilines is 1. The SMILES string of the molecule is Cc1nsc(NC(=O)N2CCC(Cc3ccc(F)cc3F)CC2)n1. The number of aromatic nitrogens is 2. The Morgan fingerprint density at radius 3 is 2.75 bits per heavy atom. The van der Waals surface area contributed by atoms with E-state index < -0.39 is 11.6 Å². The van der Waals surface area contributed by atoms with Crippen LogP contribution in [0.1, 0.15) is 24.2 Å². The molecule has 0 bridgehead atoms. The number of halogens is 2. The molecule has 1 N–H and O–H groups in total. The summed E-state index contributed by atoms with van der Waals surface area (Å²) in [5, 5.41) is 3.24. The number of rotatable bonds is 3. The molecule has 8 heteroatoms. The number of nitrogens with one attached hydrogen (secondary N) is 1. The quantitative estimate of drug-likeness (QED) is 0.918. The Morgan fingerprint density at radius 1 is 1.38 bits per heavy atom. The molecule has 5 nitrogen and oxygen atoms in total. The van der Waals surface area contributed by atoms with Crippen LogP contribution < -0.4 is 5.32 Å². The summed E-state index contributed by atoms with van der Waals surface area (Å²) in [6, 6.07) is 3.52. The number of aryl methyl sites for hydroxylation is 1. The van der Waals surface area contributed by atoms with Gasteiger partial charge in [0.1, 0.15) is 17.5 Å². The van der Waals surface area contributed by atoms with Gasteiger partial charge in [-0.05, 0) is 43.7 Å². The van der Waals surface area contributed by atoms with Gasteiger partial charge in [0.15, 0.2) is 0 Å². The lowest BCUT2D eigenvalue weighted by Gasteiger charge is -2.31. The van der Waals surface area contributed by atoms with E-state index in [1.54, 1.807) is 11.8 Å². The maximum Gasteiger partial charge on any atom is 0.323 e. The molecule has 0 unspecified atom stereocenters. The molecule has 1 saturated heterocycles. The standard InChI is InChI=1S/C16H18F2N4OS/c1-10-19-15(24-21-10)20-16(23)22-6-4-11(5-7-22)8-12-2-3-13(17)9-14(12)18/h2-3,9,11H,4-8H2,1H3,(H,19,20,21,23). The van der Waals surface area contributed by atoms with Crippen molar-refractivity contribution in [1.29, 1.82) is 0 Å². The van der Waals surface area contributed by atoms with Crippen LogP contribution in [0.25, 0.3) is 0 Å². The van der Waals surface area contributed by atoms with Crippen LogP contribution in [0, 0.1) is 24.5 Å². The molecule has 0 radical (unpaired) electrons. The molecule has 0 atom stereocenters. The predicted molar refractivity (Wildman–Crippen MR) is 88.0 cm³/mol. The number of benzene rings is 1. The second-order valence-corrected chi connectivity index (χ2v) is 6.70. The minimum Gasteiger partial charge on any atom is -0.324 e. The van der Waals surface area contributed by atoms with Crippen molar-refractivity contribution in [1.82, 2.24) is 14.3 Å². The fourth-order valence-corrected chi connectivity index (χ4v) is 3.42. The van der Waals surface area contributed by atoms with Gasteiger partial charge in [0.25, 0.3) is 0 Å². The number of nitrogens with zero attached hydrogens (tertiary/aromatic N) is 3. The summed E-state index contributed by atoms with van der Waals surface area (Å²) in [5.41, 5.74) is 0.531. The number of urea groups is 1. The summed E-state index contributed by atoms with van der Waals surface area (Å²) in [5.74, 6) is -0.135. The summed E-state index contributed by atoms with van der Waals surface area (Å²) in [6.07, 6.45) is 2.15. The fraction of sp³-hybridized carbons (Fsp3) is 0.438. The van der Waals surface area contributed by atoms with Crippen LogP contribution in [-0.2, 0) is 6.42 Å². The lowest BCUT2D eigenvalue weighted by molar-refractivity contribution is 0.182. The highest BCUT2D eigenvalue weighted by Gasteiger charge is 2.24. The van der Waals surface area contributed by atoms with Gasteiger partial charge < -0.3 is 4.90 Å². The average molecular weight is 352 g/mol. The second kappa shape index (κ2) is 7.21. The van der Waals surface area contributed by atoms with E-state index in [-0.39, 0.29) is 11.9 Å². The summed E-state index contributed by atoms with van der Waals surface area (Å²) in [4.78, 5) is 18.0. The second-order valence-electron chi connectivity index (χ2n) is 5.95. The fourth-order valence-electron chi connectivity index (χ4n) is 2.86. The summed E-state index contributed by atoms with van der Waals surface area (Å²) < 4.78 is 30.7. The monoisotopic (exact) mass is 352 g/mol. The number of piperidine rings is 1. The van der Waals surface area contributed by atoms with Crippen molar-refractivity contribution in [3.8, 4) is 0 Å². The van der Waals surface area contributed by atoms with Crippen LogP contribution >= 0.6 is 11.5 Å². The molecule has 1 aromatic heterocycles. The van der Waals surface area contributed by atoms with E-state index in [9.17, 15) is 13.6 Å². The third kappa shape index (κ3) is 4.05. The van der Waals surface area contributed by atoms with Gasteiger partial charge in [-0.3, -0.25) is 5.32 Å². The van der Waals surface area contributed by atoms with Crippen LogP contribution in [-0.4, -0.2) is 33.4 Å². The molecule has 2 aromatic rings. The van der Waals surface area contributed by atoms with Crippen LogP contribution in [0.4, 0.5) is 18.7 Å². The summed E-state index contributed by atoms with van der Waals surface area (Å²) in [7, 11) is 0. The first kappa shape index (κ1) is 16.8. The maximum absolute atomic E-state index is 13.7. The molecule has 1 fully saturated rings. The Kier molecular flexibility index (Phi) is 5.03. The molecule has 1 aromatic carbocycles. The van der Waals surface area contributed by atoms with Gasteiger partial charge in [-0.15, -0.1) is 0 Å². The molecule has 2 heterocycles. The van der Waals surface area contributed by atoms with Gasteiger partial charge in [-0.25, -0.2) is 18.6 Å². The smallest absolute Gasteiger partial charge is 0.323 e. The van der Waals surface area contributed by atoms with Gasteiger partial charge in [0.05, 0.1) is 0 Å². The maximum atomic E-state index is 13.7. The zero-order chi connectivity index (χ0) is 17.1. The molecule has 128 valence electrons. The Hall–Kier alpha value is -2.09. The zero-order valence-corrected chi connectivity index (χ0v) is 14.1. The van der Waals surface area contributed by atoms with E-state index in [1.807, 2.05) is 0 Å². The highest BCUT2D eigenvalue weighted by atomic mass is 32.1. The summed E-state index contributed by atoms with van der Waals surface area (Å²) >= 11 is 1.15. The molecular formula is C16H18F2N4OS. The number of hydrogen-bond acceptors (Lipinski definition) is 4. The minimum absolute atomic E-state index is 0.183. The molecule has 3 rings (SSSR count). The first-order valence-corrected chi connectivity index (χ1v) is 8.59. The molecule has 0 saturated carbocycles. The van der Waals surface area contributed by atoms with E-state index in [2.05, 4.69) is 14.7 Å². The Bertz CT molecular complexity index is 729. The molecule has 2 amide bonds. The highest BCUT2D eigenvalue weighted by molar-refractivity contribution is 7.09. The van der Waals surface area contributed by atoms with Crippen LogP contribution in [0.5, 0.6) is 0 Å². The summed E-state index contributed by atoms with van der Waals surface area (Å²) in [6.45, 7) is 2.99. The molecule has 24 heavy (non-hydrogen) atoms. The van der Waals surface area contributed by atoms with Crippen molar-refractivity contribution >= 4 is 22.7 Å². The number of likely N-dealkylation sites (tertiary alicyclic amines) is 1. The van der Waals surface area contributed by atoms with Crippen LogP contribution in [0.3, 0.4) is 0 Å². The van der Waals surface area contributed by atoms with Gasteiger partial charge in [0.2, 0.25) is 5.13 Å². The van der Waals surface area contributed by atoms with Crippen molar-refractivity contribution < 1.29 is 13.6 Å². The van der Waals surface area contributed by atoms with E-state index in [4.69, 9.17) is 0 Å². The molecule has 0 aliphatic carbocycles. The van der Waals surface area contributed by atoms with Crippen LogP contribution in [0.2, 0.25) is 0 Å². The van der Waals surface area contributed by atoms with Gasteiger partial charge >= 0.3 is 6.03 Å². The Morgan fingerprint density at radius 2 is 2.12 bits per heavy atom. The third-order valence-corrected chi connectivity index (χ3v) is 4.89. The van der Waals surface area contributed by atoms with Gasteiger partial charge in [0, 0.05) is 30.7 Å². The lowest BCUT2D eigenvalue weighted by atomic mass is 9.90. The van der Waals surface area contributed by atoms with Crippen molar-refractivity contribution in [2.24, 2.45) is 5.92 Å². The molecule has 0 spiro atoms. The zero-order valence-electron chi connectivity index (χ0n) is 13.3. The molecule has 1 aliphatic rings. The van der Waals surface area contributed by atoms with E-state index >= 15 is 0 Å². The normalized spacial score (nSPS) is 15.5. The van der Waals surface area contributed by atoms with E-state index in [1.165, 1.54) is 12.1 Å². The molecular weight excluding hydrogens is 334 g/mol. The van der Waals surface area contributed by atoms with Crippen molar-refractivity contribution in [3.63, 3.8) is 0 Å². The van der Waals surface area contributed by atoms with Crippen LogP contribution in [0.15, 0.2) is 18.2 Å². The first-order chi connectivity index (χ1) is 11.5. The number of carbonyl (C=O) groups excluding carboxylic acids is 1. The minimum atomic E-state index is -0.561. The largest absolute Gasteiger partial charge is 0.324 e. The van der Waals surface area contributed by atoms with Crippen molar-refractivity contribution in [3.05, 3.63) is 41.2 Å². The number of hydrogen-bond donors (Lipinski definition) is 1. The highest BCUT2D eigenvalue weighted by Crippen LogP contribution is 2.24. The predicted octanol–water partition coefficient (Wildman–Crippen LogP) is 3.61. The van der Waals surface area contributed by atoms with E-state index in [0.717, 1.165) is 30.4 Å². The third-order valence-electron chi connectivity index (χ3n) is 4.17. The van der Waals surface area contributed by atoms with Crippen molar-refractivity contribution in [2.45, 2.75) is 26.2 Å². The topological polar surface area (TPSA) is 58.1 Å². The number of carbonyl (C=O) groups is 1. The first-order valence-electron chi connectivity index (χ1n) is 7.81. The van der Waals surface area contributed by atoms with Crippen molar-refractivity contribution in [2.75, 3.05) is 18.4 Å².